The van der Waals surface area contributed by atoms with Gasteiger partial charge in [-0.25, -0.2) is 4.79 Å². The summed E-state index contributed by atoms with van der Waals surface area (Å²) >= 11 is 1.73. The molecule has 2 aromatic carbocycles. The number of nitrogens with one attached hydrogen (secondary N) is 1. The van der Waals surface area contributed by atoms with Crippen molar-refractivity contribution >= 4 is 40.6 Å². The van der Waals surface area contributed by atoms with Gasteiger partial charge in [0.05, 0.1) is 18.1 Å². The second-order valence-corrected chi connectivity index (χ2v) is 18.1. The number of fused-ring (bicyclic) bond motifs is 2. The summed E-state index contributed by atoms with van der Waals surface area (Å²) in [6.45, 7) is 15.3. The molecule has 1 saturated heterocycles. The lowest BCUT2D eigenvalue weighted by atomic mass is 9.81. The lowest BCUT2D eigenvalue weighted by Gasteiger charge is -2.27. The van der Waals surface area contributed by atoms with Gasteiger partial charge in [-0.1, -0.05) is 76.2 Å². The summed E-state index contributed by atoms with van der Waals surface area (Å²) in [4.78, 5) is 34.0. The van der Waals surface area contributed by atoms with Crippen LogP contribution in [0.1, 0.15) is 104 Å². The van der Waals surface area contributed by atoms with Gasteiger partial charge in [0, 0.05) is 77.2 Å². The van der Waals surface area contributed by atoms with Crippen molar-refractivity contribution in [2.75, 3.05) is 35.7 Å². The summed E-state index contributed by atoms with van der Waals surface area (Å²) in [5.74, 6) is 0.485. The molecule has 1 amide bonds. The predicted octanol–water partition coefficient (Wildman–Crippen LogP) is 8.44. The van der Waals surface area contributed by atoms with E-state index in [0.717, 1.165) is 45.2 Å². The number of rotatable bonds is 14. The largest absolute Gasteiger partial charge is 0.394 e. The SMILES string of the molecule is CCCN1/C(=C/C=C2\CCCC(/C=C/C3=[N+](CCC)c4ccccc4C3(C)C)=C2SCCC(=O)Nc2ccn([C@H]3C[C@H](O)[C@@H](CO)O3)c(=O)n2)C(C)(C)c2ccccc21. The molecule has 1 aromatic heterocycles. The number of hydrogen-bond acceptors (Lipinski definition) is 8. The van der Waals surface area contributed by atoms with E-state index in [1.165, 1.54) is 60.7 Å². The summed E-state index contributed by atoms with van der Waals surface area (Å²) in [6.07, 6.45) is 13.9. The molecule has 3 aliphatic heterocycles. The van der Waals surface area contributed by atoms with Gasteiger partial charge in [-0.05, 0) is 74.4 Å². The molecule has 0 spiro atoms. The number of aliphatic hydroxyl groups excluding tert-OH is 2. The van der Waals surface area contributed by atoms with E-state index in [1.54, 1.807) is 17.8 Å². The number of carbonyl (C=O) groups is 1. The summed E-state index contributed by atoms with van der Waals surface area (Å²) in [5.41, 5.74) is 9.57. The molecule has 0 saturated carbocycles. The first kappa shape index (κ1) is 42.6. The highest BCUT2D eigenvalue weighted by atomic mass is 32.2. The molecule has 0 unspecified atom stereocenters. The van der Waals surface area contributed by atoms with Crippen molar-refractivity contribution in [1.29, 1.82) is 0 Å². The molecular formula is C48H60N5O5S+. The van der Waals surface area contributed by atoms with Crippen molar-refractivity contribution in [2.24, 2.45) is 0 Å². The monoisotopic (exact) mass is 818 g/mol. The van der Waals surface area contributed by atoms with Gasteiger partial charge in [0.1, 0.15) is 24.7 Å². The van der Waals surface area contributed by atoms with Crippen LogP contribution in [0.25, 0.3) is 0 Å². The Hall–Kier alpha value is -4.55. The third kappa shape index (κ3) is 8.58. The maximum absolute atomic E-state index is 13.3. The first-order chi connectivity index (χ1) is 28.4. The third-order valence-electron chi connectivity index (χ3n) is 12.2. The Balaban J connectivity index is 1.16. The Morgan fingerprint density at radius 2 is 1.76 bits per heavy atom. The number of amides is 1. The second-order valence-electron chi connectivity index (χ2n) is 17.0. The van der Waals surface area contributed by atoms with E-state index in [1.807, 2.05) is 0 Å². The van der Waals surface area contributed by atoms with Crippen molar-refractivity contribution in [3.63, 3.8) is 0 Å². The average molecular weight is 819 g/mol. The van der Waals surface area contributed by atoms with Gasteiger partial charge in [-0.3, -0.25) is 9.36 Å². The number of thioether (sulfide) groups is 1. The number of allylic oxidation sites excluding steroid dienone is 7. The molecule has 3 atom stereocenters. The fourth-order valence-electron chi connectivity index (χ4n) is 9.18. The maximum Gasteiger partial charge on any atom is 0.351 e. The minimum Gasteiger partial charge on any atom is -0.394 e. The first-order valence-electron chi connectivity index (χ1n) is 21.3. The van der Waals surface area contributed by atoms with E-state index < -0.39 is 24.1 Å². The molecule has 0 bridgehead atoms. The van der Waals surface area contributed by atoms with E-state index in [4.69, 9.17) is 4.74 Å². The first-order valence-corrected chi connectivity index (χ1v) is 22.3. The number of nitrogens with zero attached hydrogens (tertiary/aromatic N) is 4. The molecule has 11 heteroatoms. The molecule has 312 valence electrons. The summed E-state index contributed by atoms with van der Waals surface area (Å²) in [5, 5.41) is 22.4. The van der Waals surface area contributed by atoms with Crippen LogP contribution in [0.2, 0.25) is 0 Å². The topological polar surface area (TPSA) is 120 Å². The standard InChI is InChI=1S/C48H59N5O5S/c1-7-26-51-36-18-11-9-16-34(36)47(3,4)40(51)22-20-32-14-13-15-33(21-23-41-48(5,6)35-17-10-12-19-37(35)52(41)27-8-2)45(32)59-29-25-43(56)49-42-24-28-53(46(57)50-42)44-30-38(55)39(31-54)58-44/h9-12,16-24,28,38-39,44,54-55H,7-8,13-15,25-27,29-31H2,1-6H3/p+1/t38-,39+,44+/m0/s1. The molecule has 1 aliphatic carbocycles. The van der Waals surface area contributed by atoms with Crippen molar-refractivity contribution in [3.05, 3.63) is 128 Å². The van der Waals surface area contributed by atoms with E-state index in [-0.39, 0.29) is 42.0 Å². The molecule has 3 N–H and O–H groups in total. The van der Waals surface area contributed by atoms with Gasteiger partial charge >= 0.3 is 5.69 Å². The number of benzene rings is 2. The Morgan fingerprint density at radius 1 is 1.00 bits per heavy atom. The van der Waals surface area contributed by atoms with E-state index in [2.05, 4.69) is 134 Å². The molecular weight excluding hydrogens is 759 g/mol. The molecule has 10 nitrogen and oxygen atoms in total. The molecule has 1 fully saturated rings. The average Bonchev–Trinajstić information content (AvgIpc) is 3.77. The lowest BCUT2D eigenvalue weighted by molar-refractivity contribution is -0.437. The zero-order valence-corrected chi connectivity index (χ0v) is 36.2. The van der Waals surface area contributed by atoms with E-state index in [0.29, 0.717) is 5.75 Å². The Bertz CT molecular complexity index is 2280. The van der Waals surface area contributed by atoms with E-state index >= 15 is 0 Å². The smallest absolute Gasteiger partial charge is 0.351 e. The van der Waals surface area contributed by atoms with Crippen LogP contribution < -0.4 is 15.9 Å². The molecule has 4 aliphatic rings. The van der Waals surface area contributed by atoms with Crippen LogP contribution in [0.4, 0.5) is 17.2 Å². The third-order valence-corrected chi connectivity index (χ3v) is 13.4. The number of aliphatic hydroxyl groups is 2. The van der Waals surface area contributed by atoms with Gasteiger partial charge in [0.2, 0.25) is 11.6 Å². The number of hydrogen-bond donors (Lipinski definition) is 3. The van der Waals surface area contributed by atoms with Crippen LogP contribution in [-0.4, -0.2) is 73.6 Å². The fraction of sp³-hybridized carbons (Fsp3) is 0.458. The zero-order valence-electron chi connectivity index (χ0n) is 35.4. The zero-order chi connectivity index (χ0) is 41.9. The Labute approximate surface area is 353 Å². The Kier molecular flexibility index (Phi) is 13.0. The summed E-state index contributed by atoms with van der Waals surface area (Å²) in [7, 11) is 0. The normalized spacial score (nSPS) is 23.5. The number of para-hydroxylation sites is 2. The van der Waals surface area contributed by atoms with Crippen molar-refractivity contribution in [1.82, 2.24) is 9.55 Å². The summed E-state index contributed by atoms with van der Waals surface area (Å²) < 4.78 is 9.38. The van der Waals surface area contributed by atoms with Gasteiger partial charge < -0.3 is 25.2 Å². The number of ether oxygens (including phenoxy) is 1. The number of aromatic nitrogens is 2. The Morgan fingerprint density at radius 3 is 2.49 bits per heavy atom. The highest BCUT2D eigenvalue weighted by Crippen LogP contribution is 2.48. The van der Waals surface area contributed by atoms with Crippen LogP contribution in [0, 0.1) is 0 Å². The van der Waals surface area contributed by atoms with Crippen molar-refractivity contribution in [3.8, 4) is 0 Å². The highest BCUT2D eigenvalue weighted by molar-refractivity contribution is 8.03. The van der Waals surface area contributed by atoms with Crippen molar-refractivity contribution in [2.45, 2.75) is 116 Å². The van der Waals surface area contributed by atoms with Gasteiger partial charge in [0.15, 0.2) is 5.71 Å². The van der Waals surface area contributed by atoms with Crippen LogP contribution in [0.15, 0.2) is 112 Å². The summed E-state index contributed by atoms with van der Waals surface area (Å²) in [6, 6.07) is 19.1. The highest BCUT2D eigenvalue weighted by Gasteiger charge is 2.44. The molecule has 0 radical (unpaired) electrons. The number of anilines is 2. The van der Waals surface area contributed by atoms with Crippen LogP contribution in [0.3, 0.4) is 0 Å². The quantitative estimate of drug-likeness (QED) is 0.139. The second kappa shape index (κ2) is 18.0. The van der Waals surface area contributed by atoms with Gasteiger partial charge in [-0.2, -0.15) is 9.56 Å². The lowest BCUT2D eigenvalue weighted by Crippen LogP contribution is -2.28. The van der Waals surface area contributed by atoms with Crippen LogP contribution >= 0.6 is 11.8 Å². The number of carbonyl (C=O) groups excluding carboxylic acids is 1. The molecule has 7 rings (SSSR count). The van der Waals surface area contributed by atoms with Gasteiger partial charge in [0.25, 0.3) is 0 Å². The van der Waals surface area contributed by atoms with E-state index in [9.17, 15) is 19.8 Å². The van der Waals surface area contributed by atoms with Gasteiger partial charge in [-0.15, -0.1) is 11.8 Å². The minimum atomic E-state index is -0.875. The fourth-order valence-corrected chi connectivity index (χ4v) is 10.4. The molecule has 4 heterocycles. The molecule has 3 aromatic rings. The maximum atomic E-state index is 13.3. The minimum absolute atomic E-state index is 0.139. The molecule has 59 heavy (non-hydrogen) atoms. The van der Waals surface area contributed by atoms with Crippen LogP contribution in [-0.2, 0) is 20.4 Å². The van der Waals surface area contributed by atoms with Crippen LogP contribution in [0.5, 0.6) is 0 Å². The van der Waals surface area contributed by atoms with Crippen molar-refractivity contribution < 1.29 is 24.3 Å². The predicted molar refractivity (Wildman–Crippen MR) is 239 cm³/mol.